The molecule has 0 amide bonds. The maximum atomic E-state index is 13.1. The summed E-state index contributed by atoms with van der Waals surface area (Å²) in [6, 6.07) is 8.19. The number of hydrogen-bond acceptors (Lipinski definition) is 4. The zero-order valence-corrected chi connectivity index (χ0v) is 15.9. The molecular weight excluding hydrogens is 403 g/mol. The Hall–Kier alpha value is -1.83. The molecule has 0 N–H and O–H groups in total. The van der Waals surface area contributed by atoms with E-state index < -0.39 is 5.82 Å². The van der Waals surface area contributed by atoms with E-state index in [2.05, 4.69) is 10.2 Å². The van der Waals surface area contributed by atoms with Crippen LogP contribution in [0.3, 0.4) is 0 Å². The normalized spacial score (nSPS) is 11.0. The molecule has 0 aliphatic rings. The molecule has 0 saturated heterocycles. The van der Waals surface area contributed by atoms with E-state index in [9.17, 15) is 8.78 Å². The monoisotopic (exact) mass is 415 g/mol. The second-order valence-corrected chi connectivity index (χ2v) is 7.10. The summed E-state index contributed by atoms with van der Waals surface area (Å²) in [7, 11) is 1.81. The first-order chi connectivity index (χ1) is 12.4. The Labute approximate surface area is 163 Å². The first-order valence-corrected chi connectivity index (χ1v) is 9.21. The Bertz CT molecular complexity index is 863. The van der Waals surface area contributed by atoms with Gasteiger partial charge in [-0.1, -0.05) is 41.0 Å². The lowest BCUT2D eigenvalue weighted by Gasteiger charge is -2.08. The molecule has 4 nitrogen and oxygen atoms in total. The van der Waals surface area contributed by atoms with Crippen LogP contribution in [0.4, 0.5) is 8.78 Å². The molecule has 0 radical (unpaired) electrons. The van der Waals surface area contributed by atoms with Crippen LogP contribution < -0.4 is 4.74 Å². The Kier molecular flexibility index (Phi) is 6.01. The molecule has 3 aromatic rings. The van der Waals surface area contributed by atoms with Gasteiger partial charge in [0.1, 0.15) is 24.0 Å². The van der Waals surface area contributed by atoms with Crippen LogP contribution in [-0.2, 0) is 19.4 Å². The predicted molar refractivity (Wildman–Crippen MR) is 97.7 cm³/mol. The zero-order chi connectivity index (χ0) is 18.7. The fourth-order valence-corrected chi connectivity index (χ4v) is 3.58. The van der Waals surface area contributed by atoms with Crippen LogP contribution in [0.5, 0.6) is 5.75 Å². The quantitative estimate of drug-likeness (QED) is 0.514. The third-order valence-corrected chi connectivity index (χ3v) is 5.26. The average Bonchev–Trinajstić information content (AvgIpc) is 2.93. The largest absolute Gasteiger partial charge is 0.484 e. The minimum Gasteiger partial charge on any atom is -0.484 e. The number of rotatable bonds is 6. The molecule has 0 bridgehead atoms. The molecule has 0 saturated carbocycles. The number of thioether (sulfide) groups is 1. The van der Waals surface area contributed by atoms with E-state index in [-0.39, 0.29) is 17.4 Å². The van der Waals surface area contributed by atoms with Crippen LogP contribution in [0.25, 0.3) is 0 Å². The van der Waals surface area contributed by atoms with Gasteiger partial charge in [-0.3, -0.25) is 0 Å². The van der Waals surface area contributed by atoms with E-state index in [1.807, 2.05) is 0 Å². The molecule has 1 aromatic heterocycles. The molecule has 2 aromatic carbocycles. The van der Waals surface area contributed by atoms with Crippen molar-refractivity contribution in [1.29, 1.82) is 0 Å². The Morgan fingerprint density at radius 2 is 1.73 bits per heavy atom. The molecular formula is C17H13Cl2F2N3OS. The highest BCUT2D eigenvalue weighted by Crippen LogP contribution is 2.28. The molecule has 0 spiro atoms. The molecule has 3 rings (SSSR count). The van der Waals surface area contributed by atoms with Gasteiger partial charge < -0.3 is 9.30 Å². The number of halogens is 4. The van der Waals surface area contributed by atoms with Gasteiger partial charge in [-0.2, -0.15) is 0 Å². The summed E-state index contributed by atoms with van der Waals surface area (Å²) in [6.45, 7) is 0.132. The lowest BCUT2D eigenvalue weighted by Crippen LogP contribution is -2.04. The van der Waals surface area contributed by atoms with Gasteiger partial charge in [-0.05, 0) is 35.9 Å². The lowest BCUT2D eigenvalue weighted by atomic mass is 10.2. The van der Waals surface area contributed by atoms with E-state index in [1.54, 1.807) is 17.7 Å². The van der Waals surface area contributed by atoms with Gasteiger partial charge in [0.15, 0.2) is 11.0 Å². The van der Waals surface area contributed by atoms with Crippen molar-refractivity contribution in [2.45, 2.75) is 17.5 Å². The molecule has 0 aliphatic heterocycles. The topological polar surface area (TPSA) is 39.9 Å². The average molecular weight is 416 g/mol. The fourth-order valence-electron chi connectivity index (χ4n) is 2.11. The van der Waals surface area contributed by atoms with Crippen molar-refractivity contribution in [3.63, 3.8) is 0 Å². The summed E-state index contributed by atoms with van der Waals surface area (Å²) >= 11 is 13.4. The van der Waals surface area contributed by atoms with Crippen LogP contribution in [0.1, 0.15) is 11.4 Å². The molecule has 9 heteroatoms. The Balaban J connectivity index is 1.64. The highest BCUT2D eigenvalue weighted by atomic mass is 35.5. The number of nitrogens with zero attached hydrogens (tertiary/aromatic N) is 3. The van der Waals surface area contributed by atoms with Crippen molar-refractivity contribution >= 4 is 35.0 Å². The third-order valence-electron chi connectivity index (χ3n) is 3.55. The van der Waals surface area contributed by atoms with E-state index >= 15 is 0 Å². The smallest absolute Gasteiger partial charge is 0.191 e. The molecule has 26 heavy (non-hydrogen) atoms. The third kappa shape index (κ3) is 4.47. The molecule has 0 fully saturated rings. The van der Waals surface area contributed by atoms with Crippen molar-refractivity contribution in [3.05, 3.63) is 69.5 Å². The molecule has 1 heterocycles. The Morgan fingerprint density at radius 1 is 1.04 bits per heavy atom. The maximum Gasteiger partial charge on any atom is 0.191 e. The van der Waals surface area contributed by atoms with Crippen molar-refractivity contribution in [2.75, 3.05) is 0 Å². The van der Waals surface area contributed by atoms with Gasteiger partial charge in [0, 0.05) is 17.8 Å². The summed E-state index contributed by atoms with van der Waals surface area (Å²) in [6.07, 6.45) is 0. The summed E-state index contributed by atoms with van der Waals surface area (Å²) in [5.41, 5.74) is 0.803. The fraction of sp³-hybridized carbons (Fsp3) is 0.176. The standard InChI is InChI=1S/C17H13Cl2F2N3OS/c1-24-16(8-25-15-5-4-12(21)7-14(15)19)22-23-17(24)26-9-10-2-3-11(20)6-13(10)18/h2-7H,8-9H2,1H3. The van der Waals surface area contributed by atoms with Gasteiger partial charge in [-0.25, -0.2) is 8.78 Å². The van der Waals surface area contributed by atoms with Crippen molar-refractivity contribution in [2.24, 2.45) is 7.05 Å². The van der Waals surface area contributed by atoms with E-state index in [0.717, 1.165) is 5.56 Å². The van der Waals surface area contributed by atoms with Crippen LogP contribution >= 0.6 is 35.0 Å². The van der Waals surface area contributed by atoms with Crippen LogP contribution in [0.15, 0.2) is 41.6 Å². The Morgan fingerprint density at radius 3 is 2.42 bits per heavy atom. The minimum absolute atomic E-state index is 0.132. The number of benzene rings is 2. The number of hydrogen-bond donors (Lipinski definition) is 0. The summed E-state index contributed by atoms with van der Waals surface area (Å²) in [5.74, 6) is 0.664. The summed E-state index contributed by atoms with van der Waals surface area (Å²) < 4.78 is 33.5. The lowest BCUT2D eigenvalue weighted by molar-refractivity contribution is 0.290. The van der Waals surface area contributed by atoms with Gasteiger partial charge in [0.2, 0.25) is 0 Å². The van der Waals surface area contributed by atoms with E-state index in [4.69, 9.17) is 27.9 Å². The van der Waals surface area contributed by atoms with E-state index in [1.165, 1.54) is 42.1 Å². The van der Waals surface area contributed by atoms with Crippen molar-refractivity contribution in [1.82, 2.24) is 14.8 Å². The SMILES string of the molecule is Cn1c(COc2ccc(F)cc2Cl)nnc1SCc1ccc(F)cc1Cl. The van der Waals surface area contributed by atoms with Gasteiger partial charge in [0.05, 0.1) is 5.02 Å². The van der Waals surface area contributed by atoms with Gasteiger partial charge in [-0.15, -0.1) is 10.2 Å². The molecule has 0 unspecified atom stereocenters. The highest BCUT2D eigenvalue weighted by molar-refractivity contribution is 7.98. The van der Waals surface area contributed by atoms with Crippen molar-refractivity contribution in [3.8, 4) is 5.75 Å². The second kappa shape index (κ2) is 8.24. The van der Waals surface area contributed by atoms with Crippen LogP contribution in [0.2, 0.25) is 10.0 Å². The van der Waals surface area contributed by atoms with Gasteiger partial charge >= 0.3 is 0 Å². The molecule has 0 aliphatic carbocycles. The van der Waals surface area contributed by atoms with Crippen molar-refractivity contribution < 1.29 is 13.5 Å². The molecule has 136 valence electrons. The summed E-state index contributed by atoms with van der Waals surface area (Å²) in [5, 5.41) is 9.42. The second-order valence-electron chi connectivity index (χ2n) is 5.35. The predicted octanol–water partition coefficient (Wildman–Crippen LogP) is 5.27. The first-order valence-electron chi connectivity index (χ1n) is 7.47. The maximum absolute atomic E-state index is 13.1. The number of aromatic nitrogens is 3. The highest BCUT2D eigenvalue weighted by Gasteiger charge is 2.12. The van der Waals surface area contributed by atoms with Gasteiger partial charge in [0.25, 0.3) is 0 Å². The van der Waals surface area contributed by atoms with Crippen LogP contribution in [0, 0.1) is 11.6 Å². The summed E-state index contributed by atoms with van der Waals surface area (Å²) in [4.78, 5) is 0. The minimum atomic E-state index is -0.431. The zero-order valence-electron chi connectivity index (χ0n) is 13.5. The molecule has 0 atom stereocenters. The number of ether oxygens (including phenoxy) is 1. The van der Waals surface area contributed by atoms with E-state index in [0.29, 0.717) is 27.5 Å². The first kappa shape index (κ1) is 18.9. The van der Waals surface area contributed by atoms with Crippen LogP contribution in [-0.4, -0.2) is 14.8 Å².